The lowest BCUT2D eigenvalue weighted by Gasteiger charge is -2.07. The molecule has 0 unspecified atom stereocenters. The topological polar surface area (TPSA) is 35.5 Å². The van der Waals surface area contributed by atoms with Crippen LogP contribution >= 0.6 is 0 Å². The summed E-state index contributed by atoms with van der Waals surface area (Å²) in [4.78, 5) is 10.8. The van der Waals surface area contributed by atoms with Crippen molar-refractivity contribution in [3.8, 4) is 0 Å². The normalized spacial score (nSPS) is 12.7. The predicted molar refractivity (Wildman–Crippen MR) is 37.7 cm³/mol. The summed E-state index contributed by atoms with van der Waals surface area (Å²) in [5, 5.41) is 0. The van der Waals surface area contributed by atoms with E-state index in [1.54, 1.807) is 6.92 Å². The van der Waals surface area contributed by atoms with Gasteiger partial charge in [0, 0.05) is 7.11 Å². The molecule has 3 nitrogen and oxygen atoms in total. The summed E-state index contributed by atoms with van der Waals surface area (Å²) in [6.07, 6.45) is 0.411. The fraction of sp³-hybridized carbons (Fsp3) is 0.857. The first-order valence-corrected chi connectivity index (χ1v) is 3.41. The van der Waals surface area contributed by atoms with Crippen LogP contribution in [0.15, 0.2) is 0 Å². The average Bonchev–Trinajstić information content (AvgIpc) is 1.98. The first kappa shape index (κ1) is 9.43. The number of rotatable bonds is 4. The molecule has 0 N–H and O–H groups in total. The Morgan fingerprint density at radius 2 is 2.20 bits per heavy atom. The van der Waals surface area contributed by atoms with Crippen LogP contribution in [0, 0.1) is 0 Å². The molecular weight excluding hydrogens is 132 g/mol. The molecule has 0 aliphatic rings. The number of carbonyl (C=O) groups excluding carboxylic acids is 1. The summed E-state index contributed by atoms with van der Waals surface area (Å²) in [5.41, 5.74) is 0. The van der Waals surface area contributed by atoms with E-state index in [1.807, 2.05) is 6.92 Å². The molecule has 0 saturated carbocycles. The molecule has 3 heteroatoms. The molecular formula is C7H14O3. The molecule has 0 saturated heterocycles. The van der Waals surface area contributed by atoms with Gasteiger partial charge < -0.3 is 9.47 Å². The van der Waals surface area contributed by atoms with Gasteiger partial charge in [0.05, 0.1) is 6.61 Å². The van der Waals surface area contributed by atoms with E-state index in [0.29, 0.717) is 6.61 Å². The van der Waals surface area contributed by atoms with E-state index < -0.39 is 6.10 Å². The van der Waals surface area contributed by atoms with E-state index in [-0.39, 0.29) is 5.97 Å². The van der Waals surface area contributed by atoms with Crippen LogP contribution in [0.1, 0.15) is 20.3 Å². The maximum absolute atomic E-state index is 10.8. The standard InChI is InChI=1S/C7H14O3/c1-4-5-10-7(8)6(2)9-3/h6H,4-5H2,1-3H3/t6-/m1/s1. The lowest BCUT2D eigenvalue weighted by Crippen LogP contribution is -2.21. The van der Waals surface area contributed by atoms with E-state index in [1.165, 1.54) is 7.11 Å². The minimum absolute atomic E-state index is 0.288. The van der Waals surface area contributed by atoms with Crippen molar-refractivity contribution in [2.24, 2.45) is 0 Å². The summed E-state index contributed by atoms with van der Waals surface area (Å²) in [6, 6.07) is 0. The highest BCUT2D eigenvalue weighted by Crippen LogP contribution is 1.92. The van der Waals surface area contributed by atoms with Gasteiger partial charge in [0.2, 0.25) is 0 Å². The molecule has 0 fully saturated rings. The zero-order chi connectivity index (χ0) is 7.98. The zero-order valence-corrected chi connectivity index (χ0v) is 6.72. The largest absolute Gasteiger partial charge is 0.464 e. The van der Waals surface area contributed by atoms with Crippen molar-refractivity contribution in [1.29, 1.82) is 0 Å². The number of ether oxygens (including phenoxy) is 2. The van der Waals surface area contributed by atoms with Gasteiger partial charge in [0.1, 0.15) is 0 Å². The van der Waals surface area contributed by atoms with Crippen molar-refractivity contribution in [2.75, 3.05) is 13.7 Å². The third-order valence-electron chi connectivity index (χ3n) is 1.13. The van der Waals surface area contributed by atoms with Gasteiger partial charge >= 0.3 is 5.97 Å². The monoisotopic (exact) mass is 146 g/mol. The van der Waals surface area contributed by atoms with E-state index in [0.717, 1.165) is 6.42 Å². The van der Waals surface area contributed by atoms with E-state index in [9.17, 15) is 4.79 Å². The molecule has 0 aromatic rings. The molecule has 0 bridgehead atoms. The van der Waals surface area contributed by atoms with E-state index >= 15 is 0 Å². The maximum atomic E-state index is 10.8. The second-order valence-corrected chi connectivity index (χ2v) is 2.05. The van der Waals surface area contributed by atoms with Gasteiger partial charge in [-0.05, 0) is 13.3 Å². The van der Waals surface area contributed by atoms with Gasteiger partial charge in [-0.1, -0.05) is 6.92 Å². The summed E-state index contributed by atoms with van der Waals surface area (Å²) in [5.74, 6) is -0.288. The first-order valence-electron chi connectivity index (χ1n) is 3.41. The SMILES string of the molecule is CCCOC(=O)[C@@H](C)OC. The molecule has 0 amide bonds. The van der Waals surface area contributed by atoms with Crippen molar-refractivity contribution >= 4 is 5.97 Å². The van der Waals surface area contributed by atoms with Gasteiger partial charge in [-0.25, -0.2) is 4.79 Å². The quantitative estimate of drug-likeness (QED) is 0.554. The van der Waals surface area contributed by atoms with Gasteiger partial charge in [-0.15, -0.1) is 0 Å². The third kappa shape index (κ3) is 3.45. The fourth-order valence-electron chi connectivity index (χ4n) is 0.416. The Morgan fingerprint density at radius 3 is 2.60 bits per heavy atom. The third-order valence-corrected chi connectivity index (χ3v) is 1.13. The Balaban J connectivity index is 3.42. The van der Waals surface area contributed by atoms with Crippen molar-refractivity contribution in [3.63, 3.8) is 0 Å². The van der Waals surface area contributed by atoms with Crippen molar-refractivity contribution in [2.45, 2.75) is 26.4 Å². The van der Waals surface area contributed by atoms with Crippen LogP contribution in [0.2, 0.25) is 0 Å². The first-order chi connectivity index (χ1) is 4.72. The molecule has 0 heterocycles. The van der Waals surface area contributed by atoms with E-state index in [2.05, 4.69) is 0 Å². The highest BCUT2D eigenvalue weighted by atomic mass is 16.6. The lowest BCUT2D eigenvalue weighted by atomic mass is 10.4. The molecule has 1 atom stereocenters. The molecule has 10 heavy (non-hydrogen) atoms. The Hall–Kier alpha value is -0.570. The van der Waals surface area contributed by atoms with Gasteiger partial charge in [-0.3, -0.25) is 0 Å². The molecule has 60 valence electrons. The minimum atomic E-state index is -0.438. The second-order valence-electron chi connectivity index (χ2n) is 2.05. The Bertz CT molecular complexity index is 101. The number of methoxy groups -OCH3 is 1. The Morgan fingerprint density at radius 1 is 1.60 bits per heavy atom. The van der Waals surface area contributed by atoms with E-state index in [4.69, 9.17) is 9.47 Å². The molecule has 0 radical (unpaired) electrons. The summed E-state index contributed by atoms with van der Waals surface area (Å²) in [7, 11) is 1.48. The van der Waals surface area contributed by atoms with Crippen molar-refractivity contribution in [3.05, 3.63) is 0 Å². The average molecular weight is 146 g/mol. The zero-order valence-electron chi connectivity index (χ0n) is 6.72. The van der Waals surface area contributed by atoms with Crippen LogP contribution in [-0.2, 0) is 14.3 Å². The second kappa shape index (κ2) is 5.23. The van der Waals surface area contributed by atoms with Crippen molar-refractivity contribution < 1.29 is 14.3 Å². The smallest absolute Gasteiger partial charge is 0.334 e. The number of esters is 1. The van der Waals surface area contributed by atoms with Crippen LogP contribution in [0.4, 0.5) is 0 Å². The highest BCUT2D eigenvalue weighted by molar-refractivity contribution is 5.74. The number of hydrogen-bond acceptors (Lipinski definition) is 3. The lowest BCUT2D eigenvalue weighted by molar-refractivity contribution is -0.154. The summed E-state index contributed by atoms with van der Waals surface area (Å²) < 4.78 is 9.51. The van der Waals surface area contributed by atoms with Gasteiger partial charge in [0.15, 0.2) is 6.10 Å². The van der Waals surface area contributed by atoms with Gasteiger partial charge in [-0.2, -0.15) is 0 Å². The minimum Gasteiger partial charge on any atom is -0.464 e. The molecule has 0 aromatic heterocycles. The summed E-state index contributed by atoms with van der Waals surface area (Å²) >= 11 is 0. The Kier molecular flexibility index (Phi) is 4.94. The molecule has 0 spiro atoms. The fourth-order valence-corrected chi connectivity index (χ4v) is 0.416. The van der Waals surface area contributed by atoms with Crippen molar-refractivity contribution in [1.82, 2.24) is 0 Å². The Labute approximate surface area is 61.3 Å². The van der Waals surface area contributed by atoms with Crippen LogP contribution in [0.3, 0.4) is 0 Å². The summed E-state index contributed by atoms with van der Waals surface area (Å²) in [6.45, 7) is 4.09. The van der Waals surface area contributed by atoms with Gasteiger partial charge in [0.25, 0.3) is 0 Å². The van der Waals surface area contributed by atoms with Crippen LogP contribution in [0.5, 0.6) is 0 Å². The highest BCUT2D eigenvalue weighted by Gasteiger charge is 2.11. The molecule has 0 rings (SSSR count). The van der Waals surface area contributed by atoms with Crippen LogP contribution in [-0.4, -0.2) is 25.8 Å². The molecule has 0 aliphatic heterocycles. The van der Waals surface area contributed by atoms with Crippen LogP contribution in [0.25, 0.3) is 0 Å². The molecule has 0 aromatic carbocycles. The number of carbonyl (C=O) groups is 1. The predicted octanol–water partition coefficient (Wildman–Crippen LogP) is 0.975. The maximum Gasteiger partial charge on any atom is 0.334 e. The molecule has 0 aliphatic carbocycles. The number of hydrogen-bond donors (Lipinski definition) is 0. The van der Waals surface area contributed by atoms with Crippen LogP contribution < -0.4 is 0 Å².